The van der Waals surface area contributed by atoms with Crippen LogP contribution >= 0.6 is 0 Å². The molecule has 0 unspecified atom stereocenters. The van der Waals surface area contributed by atoms with Crippen molar-refractivity contribution in [2.75, 3.05) is 19.6 Å². The van der Waals surface area contributed by atoms with Crippen LogP contribution in [-0.2, 0) is 11.2 Å². The van der Waals surface area contributed by atoms with Crippen LogP contribution in [0.25, 0.3) is 0 Å². The van der Waals surface area contributed by atoms with Crippen LogP contribution in [0.2, 0.25) is 0 Å². The summed E-state index contributed by atoms with van der Waals surface area (Å²) in [5, 5.41) is 6.12. The van der Waals surface area contributed by atoms with E-state index in [4.69, 9.17) is 0 Å². The molecule has 1 amide bonds. The van der Waals surface area contributed by atoms with Gasteiger partial charge in [0.25, 0.3) is 0 Å². The Kier molecular flexibility index (Phi) is 4.85. The highest BCUT2D eigenvalue weighted by Gasteiger charge is 2.14. The zero-order chi connectivity index (χ0) is 13.7. The lowest BCUT2D eigenvalue weighted by molar-refractivity contribution is -0.120. The molecule has 3 nitrogen and oxygen atoms in total. The van der Waals surface area contributed by atoms with Crippen molar-refractivity contribution in [2.45, 2.75) is 19.3 Å². The fraction of sp³-hybridized carbons (Fsp3) is 0.500. The van der Waals surface area contributed by atoms with E-state index in [1.165, 1.54) is 6.07 Å². The zero-order valence-electron chi connectivity index (χ0n) is 10.7. The zero-order valence-corrected chi connectivity index (χ0v) is 10.7. The summed E-state index contributed by atoms with van der Waals surface area (Å²) in [6.45, 7) is 2.60. The minimum atomic E-state index is -0.915. The van der Waals surface area contributed by atoms with Crippen LogP contribution in [0.4, 0.5) is 8.78 Å². The van der Waals surface area contributed by atoms with Gasteiger partial charge in [0.2, 0.25) is 5.91 Å². The number of halogens is 2. The third-order valence-electron chi connectivity index (χ3n) is 3.34. The quantitative estimate of drug-likeness (QED) is 0.871. The molecule has 0 bridgehead atoms. The van der Waals surface area contributed by atoms with E-state index in [-0.39, 0.29) is 12.3 Å². The van der Waals surface area contributed by atoms with E-state index >= 15 is 0 Å². The summed E-state index contributed by atoms with van der Waals surface area (Å²) in [5.74, 6) is -1.50. The Labute approximate surface area is 111 Å². The molecule has 1 aliphatic rings. The van der Waals surface area contributed by atoms with Crippen LogP contribution in [0.3, 0.4) is 0 Å². The van der Waals surface area contributed by atoms with E-state index in [0.29, 0.717) is 18.0 Å². The van der Waals surface area contributed by atoms with Crippen molar-refractivity contribution in [3.05, 3.63) is 35.4 Å². The van der Waals surface area contributed by atoms with Crippen LogP contribution < -0.4 is 10.6 Å². The molecule has 1 aromatic rings. The van der Waals surface area contributed by atoms with E-state index in [1.54, 1.807) is 0 Å². The highest BCUT2D eigenvalue weighted by molar-refractivity contribution is 5.78. The Hall–Kier alpha value is -1.49. The summed E-state index contributed by atoms with van der Waals surface area (Å²) in [6, 6.07) is 3.54. The van der Waals surface area contributed by atoms with Crippen LogP contribution in [-0.4, -0.2) is 25.5 Å². The van der Waals surface area contributed by atoms with Gasteiger partial charge in [-0.15, -0.1) is 0 Å². The molecular formula is C14H18F2N2O. The van der Waals surface area contributed by atoms with Crippen molar-refractivity contribution in [2.24, 2.45) is 5.92 Å². The number of hydrogen-bond acceptors (Lipinski definition) is 2. The summed E-state index contributed by atoms with van der Waals surface area (Å²) in [6.07, 6.45) is 2.32. The van der Waals surface area contributed by atoms with Crippen molar-refractivity contribution < 1.29 is 13.6 Å². The number of piperidine rings is 1. The maximum atomic E-state index is 13.0. The number of carbonyl (C=O) groups is 1. The fourth-order valence-corrected chi connectivity index (χ4v) is 2.25. The predicted molar refractivity (Wildman–Crippen MR) is 68.7 cm³/mol. The highest BCUT2D eigenvalue weighted by Crippen LogP contribution is 2.10. The van der Waals surface area contributed by atoms with Gasteiger partial charge in [-0.1, -0.05) is 6.07 Å². The van der Waals surface area contributed by atoms with Gasteiger partial charge in [0.1, 0.15) is 0 Å². The van der Waals surface area contributed by atoms with E-state index in [2.05, 4.69) is 10.6 Å². The van der Waals surface area contributed by atoms with Crippen molar-refractivity contribution >= 4 is 5.91 Å². The van der Waals surface area contributed by atoms with Gasteiger partial charge in [-0.2, -0.15) is 0 Å². The molecule has 0 radical (unpaired) electrons. The summed E-state index contributed by atoms with van der Waals surface area (Å²) in [7, 11) is 0. The highest BCUT2D eigenvalue weighted by atomic mass is 19.2. The van der Waals surface area contributed by atoms with E-state index in [9.17, 15) is 13.6 Å². The number of hydrogen-bond donors (Lipinski definition) is 2. The van der Waals surface area contributed by atoms with Crippen molar-refractivity contribution in [3.8, 4) is 0 Å². The largest absolute Gasteiger partial charge is 0.355 e. The van der Waals surface area contributed by atoms with Gasteiger partial charge in [-0.3, -0.25) is 4.79 Å². The van der Waals surface area contributed by atoms with Crippen molar-refractivity contribution in [1.82, 2.24) is 10.6 Å². The maximum absolute atomic E-state index is 13.0. The molecule has 0 spiro atoms. The first-order valence-corrected chi connectivity index (χ1v) is 6.56. The minimum Gasteiger partial charge on any atom is -0.355 e. The fourth-order valence-electron chi connectivity index (χ4n) is 2.25. The molecule has 1 heterocycles. The molecule has 2 N–H and O–H groups in total. The van der Waals surface area contributed by atoms with E-state index in [0.717, 1.165) is 38.1 Å². The molecule has 1 fully saturated rings. The van der Waals surface area contributed by atoms with E-state index < -0.39 is 11.6 Å². The number of amides is 1. The topological polar surface area (TPSA) is 41.1 Å². The van der Waals surface area contributed by atoms with Gasteiger partial charge >= 0.3 is 0 Å². The van der Waals surface area contributed by atoms with Gasteiger partial charge in [0, 0.05) is 6.54 Å². The normalized spacial score (nSPS) is 19.2. The molecule has 2 rings (SSSR count). The first-order valence-electron chi connectivity index (χ1n) is 6.56. The lowest BCUT2D eigenvalue weighted by Gasteiger charge is -2.22. The van der Waals surface area contributed by atoms with Crippen LogP contribution in [0.15, 0.2) is 18.2 Å². The maximum Gasteiger partial charge on any atom is 0.224 e. The molecule has 1 atom stereocenters. The summed E-state index contributed by atoms with van der Waals surface area (Å²) in [4.78, 5) is 11.7. The Balaban J connectivity index is 1.78. The Morgan fingerprint density at radius 1 is 1.37 bits per heavy atom. The summed E-state index contributed by atoms with van der Waals surface area (Å²) in [5.41, 5.74) is 0.484. The Morgan fingerprint density at radius 3 is 2.89 bits per heavy atom. The summed E-state index contributed by atoms with van der Waals surface area (Å²) >= 11 is 0. The molecule has 0 aromatic heterocycles. The van der Waals surface area contributed by atoms with Crippen molar-refractivity contribution in [3.63, 3.8) is 0 Å². The number of benzene rings is 1. The smallest absolute Gasteiger partial charge is 0.224 e. The first kappa shape index (κ1) is 13.9. The van der Waals surface area contributed by atoms with E-state index in [1.807, 2.05) is 0 Å². The molecule has 0 aliphatic carbocycles. The number of nitrogens with one attached hydrogen (secondary N) is 2. The molecular weight excluding hydrogens is 250 g/mol. The molecule has 0 saturated carbocycles. The van der Waals surface area contributed by atoms with Crippen LogP contribution in [0.5, 0.6) is 0 Å². The SMILES string of the molecule is O=C(Cc1ccc(F)c(F)c1)NC[C@H]1CCCNC1. The molecule has 1 saturated heterocycles. The molecule has 1 aromatic carbocycles. The number of rotatable bonds is 4. The van der Waals surface area contributed by atoms with Crippen LogP contribution in [0, 0.1) is 17.6 Å². The molecule has 1 aliphatic heterocycles. The summed E-state index contributed by atoms with van der Waals surface area (Å²) < 4.78 is 25.7. The Morgan fingerprint density at radius 2 is 2.21 bits per heavy atom. The van der Waals surface area contributed by atoms with Crippen molar-refractivity contribution in [1.29, 1.82) is 0 Å². The average molecular weight is 268 g/mol. The van der Waals surface area contributed by atoms with Crippen LogP contribution in [0.1, 0.15) is 18.4 Å². The first-order chi connectivity index (χ1) is 9.15. The lowest BCUT2D eigenvalue weighted by Crippen LogP contribution is -2.38. The number of carbonyl (C=O) groups excluding carboxylic acids is 1. The predicted octanol–water partition coefficient (Wildman–Crippen LogP) is 1.62. The van der Waals surface area contributed by atoms with Gasteiger partial charge in [-0.05, 0) is 49.5 Å². The monoisotopic (exact) mass is 268 g/mol. The average Bonchev–Trinajstić information content (AvgIpc) is 2.42. The Bertz CT molecular complexity index is 445. The second kappa shape index (κ2) is 6.61. The minimum absolute atomic E-state index is 0.0807. The second-order valence-corrected chi connectivity index (χ2v) is 4.94. The van der Waals surface area contributed by atoms with Gasteiger partial charge in [0.15, 0.2) is 11.6 Å². The third-order valence-corrected chi connectivity index (χ3v) is 3.34. The molecule has 19 heavy (non-hydrogen) atoms. The second-order valence-electron chi connectivity index (χ2n) is 4.94. The lowest BCUT2D eigenvalue weighted by atomic mass is 9.99. The molecule has 5 heteroatoms. The molecule has 104 valence electrons. The standard InChI is InChI=1S/C14H18F2N2O/c15-12-4-3-10(6-13(12)16)7-14(19)18-9-11-2-1-5-17-8-11/h3-4,6,11,17H,1-2,5,7-9H2,(H,18,19)/t11-/m0/s1. The van der Waals surface area contributed by atoms with Gasteiger partial charge in [-0.25, -0.2) is 8.78 Å². The van der Waals surface area contributed by atoms with Gasteiger partial charge < -0.3 is 10.6 Å². The third kappa shape index (κ3) is 4.28. The van der Waals surface area contributed by atoms with Gasteiger partial charge in [0.05, 0.1) is 6.42 Å².